The lowest BCUT2D eigenvalue weighted by Gasteiger charge is -2.22. The van der Waals surface area contributed by atoms with Crippen LogP contribution in [-0.4, -0.2) is 45.6 Å². The van der Waals surface area contributed by atoms with Gasteiger partial charge in [0.25, 0.3) is 11.5 Å². The molecule has 0 aliphatic heterocycles. The maximum Gasteiger partial charge on any atom is 0.341 e. The number of aliphatic hydroxyl groups excluding tert-OH is 1. The Morgan fingerprint density at radius 1 is 1.15 bits per heavy atom. The molecule has 0 radical (unpaired) electrons. The highest BCUT2D eigenvalue weighted by Crippen LogP contribution is 2.22. The van der Waals surface area contributed by atoms with Crippen molar-refractivity contribution in [1.29, 1.82) is 0 Å². The second kappa shape index (κ2) is 7.72. The third-order valence-corrected chi connectivity index (χ3v) is 3.63. The fourth-order valence-corrected chi connectivity index (χ4v) is 2.31. The van der Waals surface area contributed by atoms with Crippen LogP contribution in [0.15, 0.2) is 41.2 Å². The molecule has 0 aliphatic carbocycles. The smallest absolute Gasteiger partial charge is 0.341 e. The average Bonchev–Trinajstić information content (AvgIpc) is 2.60. The average molecular weight is 359 g/mol. The molecule has 5 N–H and O–H groups in total. The van der Waals surface area contributed by atoms with Gasteiger partial charge in [-0.05, 0) is 29.8 Å². The number of rotatable bonds is 5. The molecule has 136 valence electrons. The third-order valence-electron chi connectivity index (χ3n) is 3.63. The molecule has 0 unspecified atom stereocenters. The fourth-order valence-electron chi connectivity index (χ4n) is 2.31. The molecule has 0 saturated carbocycles. The Labute approximate surface area is 147 Å². The number of nitrogens with zero attached hydrogens (tertiary/aromatic N) is 1. The Hall–Kier alpha value is -3.30. The van der Waals surface area contributed by atoms with Crippen molar-refractivity contribution >= 4 is 23.5 Å². The first-order chi connectivity index (χ1) is 12.3. The van der Waals surface area contributed by atoms with E-state index < -0.39 is 36.0 Å². The van der Waals surface area contributed by atoms with Gasteiger partial charge < -0.3 is 20.9 Å². The van der Waals surface area contributed by atoms with Gasteiger partial charge in [-0.2, -0.15) is 0 Å². The molecule has 1 heterocycles. The first-order valence-electron chi connectivity index (χ1n) is 7.54. The molecule has 2 rings (SSSR count). The highest BCUT2D eigenvalue weighted by molar-refractivity contribution is 6.15. The van der Waals surface area contributed by atoms with Crippen LogP contribution in [0.2, 0.25) is 0 Å². The van der Waals surface area contributed by atoms with Crippen LogP contribution < -0.4 is 16.2 Å². The second-order valence-corrected chi connectivity index (χ2v) is 5.45. The Bertz CT molecular complexity index is 903. The summed E-state index contributed by atoms with van der Waals surface area (Å²) in [6, 6.07) is 7.46. The van der Waals surface area contributed by atoms with Crippen molar-refractivity contribution in [3.63, 3.8) is 0 Å². The van der Waals surface area contributed by atoms with E-state index in [2.05, 4.69) is 4.98 Å². The van der Waals surface area contributed by atoms with Gasteiger partial charge in [0.1, 0.15) is 11.6 Å². The number of carboxylic acid groups (broad SMARTS) is 1. The van der Waals surface area contributed by atoms with Gasteiger partial charge in [0.15, 0.2) is 0 Å². The molecular formula is C17H17N3O6. The number of aromatic nitrogens is 1. The van der Waals surface area contributed by atoms with E-state index in [0.29, 0.717) is 11.3 Å². The van der Waals surface area contributed by atoms with Crippen molar-refractivity contribution < 1.29 is 24.6 Å². The Balaban J connectivity index is 2.36. The number of pyridine rings is 1. The number of carboxylic acids is 1. The second-order valence-electron chi connectivity index (χ2n) is 5.45. The van der Waals surface area contributed by atoms with Crippen LogP contribution in [0.5, 0.6) is 0 Å². The minimum atomic E-state index is -1.33. The van der Waals surface area contributed by atoms with Crippen LogP contribution in [-0.2, 0) is 9.59 Å². The van der Waals surface area contributed by atoms with Gasteiger partial charge in [0.2, 0.25) is 5.91 Å². The van der Waals surface area contributed by atoms with Crippen molar-refractivity contribution in [3.05, 3.63) is 52.3 Å². The molecule has 2 aromatic rings. The van der Waals surface area contributed by atoms with Gasteiger partial charge in [-0.1, -0.05) is 12.1 Å². The number of imide groups is 1. The molecule has 0 spiro atoms. The first kappa shape index (κ1) is 19.0. The summed E-state index contributed by atoms with van der Waals surface area (Å²) >= 11 is 0. The maximum atomic E-state index is 12.1. The summed E-state index contributed by atoms with van der Waals surface area (Å²) < 4.78 is 0. The van der Waals surface area contributed by atoms with Crippen molar-refractivity contribution in [1.82, 2.24) is 4.98 Å². The monoisotopic (exact) mass is 359 g/mol. The lowest BCUT2D eigenvalue weighted by atomic mass is 10.1. The van der Waals surface area contributed by atoms with E-state index in [1.54, 1.807) is 12.1 Å². The predicted molar refractivity (Wildman–Crippen MR) is 92.7 cm³/mol. The predicted octanol–water partition coefficient (Wildman–Crippen LogP) is -0.0608. The van der Waals surface area contributed by atoms with Gasteiger partial charge in [0.05, 0.1) is 12.3 Å². The van der Waals surface area contributed by atoms with Crippen LogP contribution in [0.1, 0.15) is 17.3 Å². The Morgan fingerprint density at radius 2 is 1.77 bits per heavy atom. The molecule has 1 atom stereocenters. The number of benzene rings is 1. The molecule has 0 bridgehead atoms. The zero-order valence-corrected chi connectivity index (χ0v) is 13.8. The molecule has 0 saturated heterocycles. The number of nitrogens with one attached hydrogen (secondary N) is 1. The van der Waals surface area contributed by atoms with Crippen molar-refractivity contribution in [2.75, 3.05) is 11.5 Å². The van der Waals surface area contributed by atoms with Crippen LogP contribution in [0, 0.1) is 0 Å². The molecule has 9 nitrogen and oxygen atoms in total. The van der Waals surface area contributed by atoms with Crippen molar-refractivity contribution in [3.8, 4) is 11.3 Å². The lowest BCUT2D eigenvalue weighted by Crippen LogP contribution is -2.48. The minimum Gasteiger partial charge on any atom is -0.477 e. The largest absolute Gasteiger partial charge is 0.477 e. The molecule has 9 heteroatoms. The Kier molecular flexibility index (Phi) is 5.65. The zero-order chi connectivity index (χ0) is 19.4. The molecular weight excluding hydrogens is 342 g/mol. The standard InChI is InChI=1S/C17H17N3O6/c1-9(22)20(16(24)13(18)8-21)11-4-2-10(3-5-11)14-7-6-12(17(25)26)15(23)19-14/h2-7,13,21H,8,18H2,1H3,(H,19,23)(H,25,26)/t13-/m0/s1. The number of hydrogen-bond donors (Lipinski definition) is 4. The molecule has 26 heavy (non-hydrogen) atoms. The normalized spacial score (nSPS) is 11.7. The number of anilines is 1. The van der Waals surface area contributed by atoms with Crippen LogP contribution in [0.25, 0.3) is 11.3 Å². The molecule has 0 aliphatic rings. The highest BCUT2D eigenvalue weighted by atomic mass is 16.4. The van der Waals surface area contributed by atoms with Gasteiger partial charge >= 0.3 is 5.97 Å². The van der Waals surface area contributed by atoms with Gasteiger partial charge in [0, 0.05) is 12.6 Å². The summed E-state index contributed by atoms with van der Waals surface area (Å²) in [5, 5.41) is 17.9. The molecule has 1 aromatic carbocycles. The van der Waals surface area contributed by atoms with E-state index in [1.165, 1.54) is 31.2 Å². The van der Waals surface area contributed by atoms with E-state index in [0.717, 1.165) is 4.90 Å². The summed E-state index contributed by atoms with van der Waals surface area (Å²) in [7, 11) is 0. The number of carbonyl (C=O) groups is 3. The SMILES string of the molecule is CC(=O)N(C(=O)[C@@H](N)CO)c1ccc(-c2ccc(C(=O)O)c(=O)[nH]2)cc1. The first-order valence-corrected chi connectivity index (χ1v) is 7.54. The van der Waals surface area contributed by atoms with Crippen molar-refractivity contribution in [2.45, 2.75) is 13.0 Å². The van der Waals surface area contributed by atoms with Gasteiger partial charge in [-0.3, -0.25) is 14.4 Å². The number of nitrogens with two attached hydrogens (primary N) is 1. The van der Waals surface area contributed by atoms with E-state index in [9.17, 15) is 19.2 Å². The number of aromatic amines is 1. The van der Waals surface area contributed by atoms with Crippen LogP contribution >= 0.6 is 0 Å². The number of aliphatic hydroxyl groups is 1. The topological polar surface area (TPSA) is 154 Å². The quantitative estimate of drug-likeness (QED) is 0.583. The number of carbonyl (C=O) groups excluding carboxylic acids is 2. The summed E-state index contributed by atoms with van der Waals surface area (Å²) in [4.78, 5) is 49.8. The van der Waals surface area contributed by atoms with Crippen LogP contribution in [0.3, 0.4) is 0 Å². The summed E-state index contributed by atoms with van der Waals surface area (Å²) in [5.74, 6) is -2.64. The van der Waals surface area contributed by atoms with Crippen LogP contribution in [0.4, 0.5) is 5.69 Å². The van der Waals surface area contributed by atoms with E-state index in [-0.39, 0.29) is 11.3 Å². The van der Waals surface area contributed by atoms with E-state index in [4.69, 9.17) is 15.9 Å². The maximum absolute atomic E-state index is 12.1. The zero-order valence-electron chi connectivity index (χ0n) is 13.8. The highest BCUT2D eigenvalue weighted by Gasteiger charge is 2.25. The number of aromatic carboxylic acids is 1. The Morgan fingerprint density at radius 3 is 2.23 bits per heavy atom. The number of amides is 2. The summed E-state index contributed by atoms with van der Waals surface area (Å²) in [6.45, 7) is 0.593. The molecule has 2 amide bonds. The lowest BCUT2D eigenvalue weighted by molar-refractivity contribution is -0.126. The summed E-state index contributed by atoms with van der Waals surface area (Å²) in [6.07, 6.45) is 0. The number of H-pyrrole nitrogens is 1. The van der Waals surface area contributed by atoms with Gasteiger partial charge in [-0.15, -0.1) is 0 Å². The minimum absolute atomic E-state index is 0.250. The van der Waals surface area contributed by atoms with E-state index >= 15 is 0 Å². The summed E-state index contributed by atoms with van der Waals surface area (Å²) in [5.41, 5.74) is 5.54. The van der Waals surface area contributed by atoms with E-state index in [1.807, 2.05) is 0 Å². The number of hydrogen-bond acceptors (Lipinski definition) is 6. The third kappa shape index (κ3) is 3.85. The van der Waals surface area contributed by atoms with Crippen molar-refractivity contribution in [2.24, 2.45) is 5.73 Å². The van der Waals surface area contributed by atoms with Gasteiger partial charge in [-0.25, -0.2) is 9.69 Å². The molecule has 1 aromatic heterocycles. The fraction of sp³-hybridized carbons (Fsp3) is 0.176. The molecule has 0 fully saturated rings.